The number of likely N-dealkylation sites (N-methyl/N-ethyl adjacent to an activating group) is 1. The fourth-order valence-electron chi connectivity index (χ4n) is 2.75. The number of amides is 1. The molecule has 6 heteroatoms. The number of carboxylic acid groups (broad SMARTS) is 1. The Kier molecular flexibility index (Phi) is 6.84. The van der Waals surface area contributed by atoms with Gasteiger partial charge in [0.1, 0.15) is 0 Å². The minimum Gasteiger partial charge on any atom is -0.481 e. The molecule has 1 amide bonds. The molecular formula is C16H23ClN2O3. The van der Waals surface area contributed by atoms with Gasteiger partial charge in [0.2, 0.25) is 5.91 Å². The molecule has 0 spiro atoms. The van der Waals surface area contributed by atoms with E-state index in [1.807, 2.05) is 42.2 Å². The van der Waals surface area contributed by atoms with Crippen LogP contribution in [0.25, 0.3) is 0 Å². The summed E-state index contributed by atoms with van der Waals surface area (Å²) in [6.07, 6.45) is 0.620. The van der Waals surface area contributed by atoms with Gasteiger partial charge in [-0.3, -0.25) is 14.5 Å². The molecule has 1 N–H and O–H groups in total. The topological polar surface area (TPSA) is 60.9 Å². The van der Waals surface area contributed by atoms with E-state index < -0.39 is 5.97 Å². The van der Waals surface area contributed by atoms with Crippen molar-refractivity contribution in [2.45, 2.75) is 25.9 Å². The highest BCUT2D eigenvalue weighted by molar-refractivity contribution is 5.85. The minimum absolute atomic E-state index is 0. The van der Waals surface area contributed by atoms with Crippen LogP contribution in [0.2, 0.25) is 0 Å². The number of rotatable bonds is 5. The van der Waals surface area contributed by atoms with E-state index in [1.165, 1.54) is 0 Å². The molecule has 5 nitrogen and oxygen atoms in total. The van der Waals surface area contributed by atoms with Crippen molar-refractivity contribution in [3.63, 3.8) is 0 Å². The monoisotopic (exact) mass is 326 g/mol. The molecule has 1 heterocycles. The van der Waals surface area contributed by atoms with Crippen LogP contribution in [0.1, 0.15) is 18.9 Å². The van der Waals surface area contributed by atoms with Crippen molar-refractivity contribution < 1.29 is 14.7 Å². The number of carboxylic acids is 1. The van der Waals surface area contributed by atoms with Crippen LogP contribution in [-0.4, -0.2) is 53.0 Å². The second-order valence-corrected chi connectivity index (χ2v) is 5.67. The van der Waals surface area contributed by atoms with Gasteiger partial charge in [0, 0.05) is 20.1 Å². The molecule has 2 atom stereocenters. The van der Waals surface area contributed by atoms with E-state index in [0.29, 0.717) is 26.1 Å². The third kappa shape index (κ3) is 4.45. The maximum absolute atomic E-state index is 12.4. The number of benzene rings is 1. The van der Waals surface area contributed by atoms with Crippen molar-refractivity contribution in [2.24, 2.45) is 5.92 Å². The average molecular weight is 327 g/mol. The number of carbonyl (C=O) groups excluding carboxylic acids is 1. The highest BCUT2D eigenvalue weighted by atomic mass is 35.5. The van der Waals surface area contributed by atoms with Gasteiger partial charge in [0.25, 0.3) is 0 Å². The second-order valence-electron chi connectivity index (χ2n) is 5.67. The standard InChI is InChI=1S/C16H22N2O3.ClH/c1-12(18-9-8-14(11-18)16(20)21)15(19)17(2)10-13-6-4-3-5-7-13;/h3-7,12,14H,8-11H2,1-2H3,(H,20,21);1H. The molecule has 1 aromatic carbocycles. The largest absolute Gasteiger partial charge is 0.481 e. The lowest BCUT2D eigenvalue weighted by Crippen LogP contribution is -2.44. The van der Waals surface area contributed by atoms with Crippen LogP contribution in [-0.2, 0) is 16.1 Å². The fraction of sp³-hybridized carbons (Fsp3) is 0.500. The van der Waals surface area contributed by atoms with Crippen molar-refractivity contribution in [2.75, 3.05) is 20.1 Å². The van der Waals surface area contributed by atoms with Crippen molar-refractivity contribution >= 4 is 24.3 Å². The van der Waals surface area contributed by atoms with E-state index >= 15 is 0 Å². The molecule has 1 aliphatic rings. The van der Waals surface area contributed by atoms with Gasteiger partial charge in [-0.25, -0.2) is 0 Å². The normalized spacial score (nSPS) is 19.3. The molecule has 0 saturated carbocycles. The van der Waals surface area contributed by atoms with Gasteiger partial charge < -0.3 is 10.0 Å². The Morgan fingerprint density at radius 2 is 2.00 bits per heavy atom. The highest BCUT2D eigenvalue weighted by Gasteiger charge is 2.33. The van der Waals surface area contributed by atoms with Gasteiger partial charge in [-0.05, 0) is 25.5 Å². The summed E-state index contributed by atoms with van der Waals surface area (Å²) in [7, 11) is 1.79. The number of halogens is 1. The summed E-state index contributed by atoms with van der Waals surface area (Å²) in [6.45, 7) is 3.55. The van der Waals surface area contributed by atoms with Crippen LogP contribution in [0, 0.1) is 5.92 Å². The fourth-order valence-corrected chi connectivity index (χ4v) is 2.75. The molecule has 1 fully saturated rings. The third-order valence-corrected chi connectivity index (χ3v) is 4.11. The van der Waals surface area contributed by atoms with E-state index in [2.05, 4.69) is 0 Å². The Morgan fingerprint density at radius 3 is 2.55 bits per heavy atom. The molecule has 0 aliphatic carbocycles. The summed E-state index contributed by atoms with van der Waals surface area (Å²) in [5.41, 5.74) is 1.09. The smallest absolute Gasteiger partial charge is 0.307 e. The summed E-state index contributed by atoms with van der Waals surface area (Å²) in [5, 5.41) is 9.03. The average Bonchev–Trinajstić information content (AvgIpc) is 2.96. The van der Waals surface area contributed by atoms with Crippen LogP contribution >= 0.6 is 12.4 Å². The van der Waals surface area contributed by atoms with Gasteiger partial charge in [-0.1, -0.05) is 30.3 Å². The van der Waals surface area contributed by atoms with Gasteiger partial charge in [-0.2, -0.15) is 0 Å². The lowest BCUT2D eigenvalue weighted by Gasteiger charge is -2.28. The summed E-state index contributed by atoms with van der Waals surface area (Å²) >= 11 is 0. The zero-order valence-electron chi connectivity index (χ0n) is 12.9. The first kappa shape index (κ1) is 18.5. The van der Waals surface area contributed by atoms with E-state index in [9.17, 15) is 9.59 Å². The van der Waals surface area contributed by atoms with E-state index in [1.54, 1.807) is 11.9 Å². The number of hydrogen-bond acceptors (Lipinski definition) is 3. The maximum atomic E-state index is 12.4. The number of nitrogens with zero attached hydrogens (tertiary/aromatic N) is 2. The molecule has 122 valence electrons. The summed E-state index contributed by atoms with van der Waals surface area (Å²) in [5.74, 6) is -1.08. The number of hydrogen-bond donors (Lipinski definition) is 1. The van der Waals surface area contributed by atoms with E-state index in [0.717, 1.165) is 5.56 Å². The Morgan fingerprint density at radius 1 is 1.36 bits per heavy atom. The van der Waals surface area contributed by atoms with E-state index in [-0.39, 0.29) is 30.3 Å². The molecule has 0 aromatic heterocycles. The molecule has 0 radical (unpaired) electrons. The van der Waals surface area contributed by atoms with Crippen molar-refractivity contribution in [3.05, 3.63) is 35.9 Å². The van der Waals surface area contributed by atoms with Crippen molar-refractivity contribution in [1.82, 2.24) is 9.80 Å². The minimum atomic E-state index is -0.769. The third-order valence-electron chi connectivity index (χ3n) is 4.11. The van der Waals surface area contributed by atoms with Gasteiger partial charge in [0.15, 0.2) is 0 Å². The Hall–Kier alpha value is -1.59. The Balaban J connectivity index is 0.00000242. The quantitative estimate of drug-likeness (QED) is 0.897. The van der Waals surface area contributed by atoms with Crippen molar-refractivity contribution in [3.8, 4) is 0 Å². The zero-order valence-corrected chi connectivity index (χ0v) is 13.8. The van der Waals surface area contributed by atoms with Crippen LogP contribution in [0.3, 0.4) is 0 Å². The molecule has 1 saturated heterocycles. The number of aliphatic carboxylic acids is 1. The molecule has 0 bridgehead atoms. The first-order chi connectivity index (χ1) is 9.99. The first-order valence-electron chi connectivity index (χ1n) is 7.24. The van der Waals surface area contributed by atoms with Crippen LogP contribution in [0.4, 0.5) is 0 Å². The lowest BCUT2D eigenvalue weighted by atomic mass is 10.1. The number of carbonyl (C=O) groups is 2. The number of likely N-dealkylation sites (tertiary alicyclic amines) is 1. The summed E-state index contributed by atoms with van der Waals surface area (Å²) in [6, 6.07) is 9.56. The molecule has 2 rings (SSSR count). The lowest BCUT2D eigenvalue weighted by molar-refractivity contribution is -0.142. The molecule has 1 aromatic rings. The van der Waals surface area contributed by atoms with Crippen molar-refractivity contribution in [1.29, 1.82) is 0 Å². The van der Waals surface area contributed by atoms with Gasteiger partial charge in [-0.15, -0.1) is 12.4 Å². The molecule has 1 aliphatic heterocycles. The van der Waals surface area contributed by atoms with Gasteiger partial charge >= 0.3 is 5.97 Å². The first-order valence-corrected chi connectivity index (χ1v) is 7.24. The Bertz CT molecular complexity index is 509. The predicted octanol–water partition coefficient (Wildman–Crippen LogP) is 1.86. The molecule has 22 heavy (non-hydrogen) atoms. The highest BCUT2D eigenvalue weighted by Crippen LogP contribution is 2.20. The molecular weight excluding hydrogens is 304 g/mol. The summed E-state index contributed by atoms with van der Waals surface area (Å²) in [4.78, 5) is 27.1. The van der Waals surface area contributed by atoms with E-state index in [4.69, 9.17) is 5.11 Å². The molecule has 2 unspecified atom stereocenters. The van der Waals surface area contributed by atoms with Gasteiger partial charge in [0.05, 0.1) is 12.0 Å². The predicted molar refractivity (Wildman–Crippen MR) is 86.9 cm³/mol. The van der Waals surface area contributed by atoms with Crippen LogP contribution in [0.5, 0.6) is 0 Å². The second kappa shape index (κ2) is 8.15. The maximum Gasteiger partial charge on any atom is 0.307 e. The van der Waals surface area contributed by atoms with Crippen LogP contribution in [0.15, 0.2) is 30.3 Å². The summed E-state index contributed by atoms with van der Waals surface area (Å²) < 4.78 is 0. The zero-order chi connectivity index (χ0) is 15.4. The SMILES string of the molecule is CC(C(=O)N(C)Cc1ccccc1)N1CCC(C(=O)O)C1.Cl. The Labute approximate surface area is 137 Å². The van der Waals surface area contributed by atoms with Crippen LogP contribution < -0.4 is 0 Å².